The molecule has 6 nitrogen and oxygen atoms in total. The van der Waals surface area contributed by atoms with Gasteiger partial charge in [-0.2, -0.15) is 0 Å². The number of rotatable bonds is 7. The number of piperidine rings is 1. The van der Waals surface area contributed by atoms with Crippen LogP contribution >= 0.6 is 11.6 Å². The molecule has 0 spiro atoms. The van der Waals surface area contributed by atoms with Crippen LogP contribution in [0.1, 0.15) is 58.6 Å². The molecule has 1 saturated heterocycles. The van der Waals surface area contributed by atoms with Crippen molar-refractivity contribution in [3.05, 3.63) is 34.9 Å². The first kappa shape index (κ1) is 23.5. The van der Waals surface area contributed by atoms with Crippen molar-refractivity contribution in [1.82, 2.24) is 10.2 Å². The van der Waals surface area contributed by atoms with Gasteiger partial charge in [-0.25, -0.2) is 4.79 Å². The van der Waals surface area contributed by atoms with Gasteiger partial charge in [-0.1, -0.05) is 30.7 Å². The van der Waals surface area contributed by atoms with Gasteiger partial charge in [-0.15, -0.1) is 0 Å². The molecule has 1 aliphatic heterocycles. The van der Waals surface area contributed by atoms with E-state index >= 15 is 0 Å². The second-order valence-corrected chi connectivity index (χ2v) is 8.82. The number of carbonyl (C=O) groups is 2. The van der Waals surface area contributed by atoms with Crippen LogP contribution in [0.5, 0.6) is 0 Å². The van der Waals surface area contributed by atoms with Crippen LogP contribution in [0, 0.1) is 5.92 Å². The Bertz CT molecular complexity index is 690. The minimum atomic E-state index is -0.523. The molecule has 1 aliphatic rings. The summed E-state index contributed by atoms with van der Waals surface area (Å²) in [6, 6.07) is 7.63. The highest BCUT2D eigenvalue weighted by Crippen LogP contribution is 2.34. The molecule has 162 valence electrons. The third kappa shape index (κ3) is 7.86. The first-order chi connectivity index (χ1) is 13.7. The van der Waals surface area contributed by atoms with Crippen molar-refractivity contribution >= 4 is 23.6 Å². The van der Waals surface area contributed by atoms with Gasteiger partial charge in [0.05, 0.1) is 12.7 Å². The first-order valence-electron chi connectivity index (χ1n) is 10.3. The zero-order valence-electron chi connectivity index (χ0n) is 17.9. The van der Waals surface area contributed by atoms with Gasteiger partial charge in [0.25, 0.3) is 0 Å². The van der Waals surface area contributed by atoms with Gasteiger partial charge in [-0.3, -0.25) is 4.79 Å². The largest absolute Gasteiger partial charge is 0.444 e. The van der Waals surface area contributed by atoms with Crippen molar-refractivity contribution in [3.8, 4) is 0 Å². The Morgan fingerprint density at radius 3 is 2.76 bits per heavy atom. The second-order valence-electron chi connectivity index (χ2n) is 8.38. The summed E-state index contributed by atoms with van der Waals surface area (Å²) in [5.41, 5.74) is 0.458. The fourth-order valence-corrected chi connectivity index (χ4v) is 3.64. The van der Waals surface area contributed by atoms with Crippen molar-refractivity contribution < 1.29 is 19.1 Å². The zero-order chi connectivity index (χ0) is 21.4. The Kier molecular flexibility index (Phi) is 8.78. The lowest BCUT2D eigenvalue weighted by atomic mass is 9.88. The van der Waals surface area contributed by atoms with Crippen LogP contribution in [-0.2, 0) is 14.3 Å². The molecule has 1 heterocycles. The van der Waals surface area contributed by atoms with Crippen molar-refractivity contribution in [1.29, 1.82) is 0 Å². The van der Waals surface area contributed by atoms with E-state index in [1.807, 2.05) is 52.0 Å². The molecule has 0 aliphatic carbocycles. The molecule has 0 radical (unpaired) electrons. The molecule has 29 heavy (non-hydrogen) atoms. The molecule has 7 heteroatoms. The van der Waals surface area contributed by atoms with Crippen molar-refractivity contribution in [3.63, 3.8) is 0 Å². The van der Waals surface area contributed by atoms with E-state index in [1.54, 1.807) is 4.90 Å². The lowest BCUT2D eigenvalue weighted by Gasteiger charge is -2.37. The van der Waals surface area contributed by atoms with E-state index < -0.39 is 5.60 Å². The van der Waals surface area contributed by atoms with Gasteiger partial charge in [0.15, 0.2) is 0 Å². The van der Waals surface area contributed by atoms with Crippen LogP contribution in [-0.4, -0.2) is 48.7 Å². The minimum Gasteiger partial charge on any atom is -0.444 e. The molecule has 2 atom stereocenters. The lowest BCUT2D eigenvalue weighted by Crippen LogP contribution is -2.44. The Labute approximate surface area is 178 Å². The summed E-state index contributed by atoms with van der Waals surface area (Å²) in [5, 5.41) is 3.48. The standard InChI is InChI=1S/C22H33ClN2O4/c1-5-19(26)24-11-13-28-20(16-8-6-10-18(23)14-16)17-9-7-12-25(15-17)21(27)29-22(2,3)4/h6,8,10,14,17,20H,5,7,9,11-13,15H2,1-4H3,(H,24,26). The highest BCUT2D eigenvalue weighted by Gasteiger charge is 2.33. The quantitative estimate of drug-likeness (QED) is 0.651. The van der Waals surface area contributed by atoms with E-state index in [9.17, 15) is 9.59 Å². The summed E-state index contributed by atoms with van der Waals surface area (Å²) in [5.74, 6) is 0.123. The summed E-state index contributed by atoms with van der Waals surface area (Å²) in [6.45, 7) is 9.52. The number of halogens is 1. The number of amides is 2. The van der Waals surface area contributed by atoms with Gasteiger partial charge in [-0.05, 0) is 51.3 Å². The van der Waals surface area contributed by atoms with Crippen LogP contribution in [0.15, 0.2) is 24.3 Å². The maximum Gasteiger partial charge on any atom is 0.410 e. The molecular weight excluding hydrogens is 392 g/mol. The van der Waals surface area contributed by atoms with Gasteiger partial charge in [0.1, 0.15) is 5.60 Å². The van der Waals surface area contributed by atoms with Crippen molar-refractivity contribution in [2.24, 2.45) is 5.92 Å². The van der Waals surface area contributed by atoms with Crippen molar-refractivity contribution in [2.75, 3.05) is 26.2 Å². The maximum atomic E-state index is 12.5. The number of hydrogen-bond donors (Lipinski definition) is 1. The van der Waals surface area contributed by atoms with E-state index in [2.05, 4.69) is 5.32 Å². The molecule has 0 aromatic heterocycles. The Hall–Kier alpha value is -1.79. The molecule has 1 N–H and O–H groups in total. The molecule has 0 bridgehead atoms. The number of likely N-dealkylation sites (tertiary alicyclic amines) is 1. The molecule has 0 saturated carbocycles. The number of hydrogen-bond acceptors (Lipinski definition) is 4. The zero-order valence-corrected chi connectivity index (χ0v) is 18.6. The van der Waals surface area contributed by atoms with Crippen LogP contribution in [0.3, 0.4) is 0 Å². The maximum absolute atomic E-state index is 12.5. The molecular formula is C22H33ClN2O4. The molecule has 2 unspecified atom stereocenters. The SMILES string of the molecule is CCC(=O)NCCOC(c1cccc(Cl)c1)C1CCCN(C(=O)OC(C)(C)C)C1. The fraction of sp³-hybridized carbons (Fsp3) is 0.636. The predicted octanol–water partition coefficient (Wildman–Crippen LogP) is 4.57. The van der Waals surface area contributed by atoms with Crippen LogP contribution in [0.4, 0.5) is 4.79 Å². The summed E-state index contributed by atoms with van der Waals surface area (Å²) in [4.78, 5) is 25.8. The number of carbonyl (C=O) groups excluding carboxylic acids is 2. The van der Waals surface area contributed by atoms with Gasteiger partial charge in [0, 0.05) is 37.0 Å². The Balaban J connectivity index is 2.08. The summed E-state index contributed by atoms with van der Waals surface area (Å²) >= 11 is 6.20. The summed E-state index contributed by atoms with van der Waals surface area (Å²) in [6.07, 6.45) is 1.78. The smallest absolute Gasteiger partial charge is 0.410 e. The topological polar surface area (TPSA) is 67.9 Å². The number of ether oxygens (including phenoxy) is 2. The number of nitrogens with zero attached hydrogens (tertiary/aromatic N) is 1. The second kappa shape index (κ2) is 10.8. The van der Waals surface area contributed by atoms with E-state index in [-0.39, 0.29) is 24.0 Å². The summed E-state index contributed by atoms with van der Waals surface area (Å²) in [7, 11) is 0. The van der Waals surface area contributed by atoms with E-state index in [0.29, 0.717) is 37.7 Å². The number of benzene rings is 1. The van der Waals surface area contributed by atoms with Gasteiger partial charge in [0.2, 0.25) is 5.91 Å². The molecule has 1 aromatic rings. The van der Waals surface area contributed by atoms with Crippen LogP contribution in [0.25, 0.3) is 0 Å². The third-order valence-corrected chi connectivity index (χ3v) is 4.99. The highest BCUT2D eigenvalue weighted by molar-refractivity contribution is 6.30. The normalized spacial score (nSPS) is 18.2. The average Bonchev–Trinajstić information content (AvgIpc) is 2.66. The first-order valence-corrected chi connectivity index (χ1v) is 10.7. The van der Waals surface area contributed by atoms with Crippen molar-refractivity contribution in [2.45, 2.75) is 58.7 Å². The molecule has 2 rings (SSSR count). The minimum absolute atomic E-state index is 0.00155. The van der Waals surface area contributed by atoms with Crippen LogP contribution < -0.4 is 5.32 Å². The molecule has 1 aromatic carbocycles. The van der Waals surface area contributed by atoms with Gasteiger partial charge < -0.3 is 19.7 Å². The fourth-order valence-electron chi connectivity index (χ4n) is 3.44. The number of nitrogens with one attached hydrogen (secondary N) is 1. The molecule has 2 amide bonds. The average molecular weight is 425 g/mol. The molecule has 1 fully saturated rings. The van der Waals surface area contributed by atoms with E-state index in [4.69, 9.17) is 21.1 Å². The van der Waals surface area contributed by atoms with Gasteiger partial charge >= 0.3 is 6.09 Å². The monoisotopic (exact) mass is 424 g/mol. The lowest BCUT2D eigenvalue weighted by molar-refractivity contribution is -0.121. The van der Waals surface area contributed by atoms with E-state index in [1.165, 1.54) is 0 Å². The predicted molar refractivity (Wildman–Crippen MR) is 114 cm³/mol. The van der Waals surface area contributed by atoms with E-state index in [0.717, 1.165) is 18.4 Å². The third-order valence-electron chi connectivity index (χ3n) is 4.76. The van der Waals surface area contributed by atoms with Crippen LogP contribution in [0.2, 0.25) is 5.02 Å². The summed E-state index contributed by atoms with van der Waals surface area (Å²) < 4.78 is 11.7. The Morgan fingerprint density at radius 1 is 1.34 bits per heavy atom. The Morgan fingerprint density at radius 2 is 2.10 bits per heavy atom. The highest BCUT2D eigenvalue weighted by atomic mass is 35.5.